The number of pyridine rings is 1. The number of nitrogens with one attached hydrogen (secondary N) is 1. The highest BCUT2D eigenvalue weighted by Crippen LogP contribution is 2.39. The number of oxazole rings is 1. The molecule has 5 nitrogen and oxygen atoms in total. The Morgan fingerprint density at radius 1 is 1.23 bits per heavy atom. The Hall–Kier alpha value is -2.82. The molecule has 0 bridgehead atoms. The van der Waals surface area contributed by atoms with Crippen LogP contribution in [0.2, 0.25) is 0 Å². The van der Waals surface area contributed by atoms with Crippen molar-refractivity contribution in [3.05, 3.63) is 60.4 Å². The van der Waals surface area contributed by atoms with Crippen LogP contribution in [0.3, 0.4) is 0 Å². The maximum atomic E-state index is 5.74. The summed E-state index contributed by atoms with van der Waals surface area (Å²) >= 11 is 0. The van der Waals surface area contributed by atoms with E-state index in [0.717, 1.165) is 34.9 Å². The lowest BCUT2D eigenvalue weighted by Crippen LogP contribution is -2.01. The van der Waals surface area contributed by atoms with Gasteiger partial charge in [-0.05, 0) is 24.3 Å². The van der Waals surface area contributed by atoms with Crippen molar-refractivity contribution in [2.45, 2.75) is 13.0 Å². The second-order valence-electron chi connectivity index (χ2n) is 5.15. The molecule has 1 aliphatic rings. The van der Waals surface area contributed by atoms with Crippen LogP contribution >= 0.6 is 0 Å². The van der Waals surface area contributed by atoms with E-state index in [2.05, 4.69) is 21.4 Å². The molecule has 3 heterocycles. The van der Waals surface area contributed by atoms with Gasteiger partial charge >= 0.3 is 0 Å². The highest BCUT2D eigenvalue weighted by molar-refractivity contribution is 5.74. The van der Waals surface area contributed by atoms with Gasteiger partial charge < -0.3 is 14.5 Å². The number of aromatic nitrogens is 2. The number of rotatable bonds is 4. The summed E-state index contributed by atoms with van der Waals surface area (Å²) in [5.41, 5.74) is 4.16. The molecule has 1 aliphatic heterocycles. The van der Waals surface area contributed by atoms with Gasteiger partial charge in [-0.25, -0.2) is 4.98 Å². The van der Waals surface area contributed by atoms with Crippen LogP contribution in [0.15, 0.2) is 53.5 Å². The number of fused-ring (bicyclic) bond motifs is 1. The van der Waals surface area contributed by atoms with Gasteiger partial charge in [0.15, 0.2) is 12.2 Å². The molecule has 0 atom stereocenters. The van der Waals surface area contributed by atoms with Gasteiger partial charge in [-0.15, -0.1) is 0 Å². The summed E-state index contributed by atoms with van der Waals surface area (Å²) in [4.78, 5) is 8.32. The standard InChI is InChI=1S/C17H15N3O2/c1-2-5-19-13(3-1)9-20-14-7-12-4-6-21-17(12)15(8-14)16-10-18-11-22-16/h1-3,5,7-8,10-11,20H,4,6,9H2. The molecule has 0 spiro atoms. The summed E-state index contributed by atoms with van der Waals surface area (Å²) in [7, 11) is 0. The molecule has 0 radical (unpaired) electrons. The quantitative estimate of drug-likeness (QED) is 0.800. The summed E-state index contributed by atoms with van der Waals surface area (Å²) in [5, 5.41) is 3.41. The number of hydrogen-bond acceptors (Lipinski definition) is 5. The van der Waals surface area contributed by atoms with Crippen molar-refractivity contribution in [1.82, 2.24) is 9.97 Å². The minimum atomic E-state index is 0.677. The Morgan fingerprint density at radius 3 is 3.05 bits per heavy atom. The van der Waals surface area contributed by atoms with Crippen molar-refractivity contribution in [1.29, 1.82) is 0 Å². The third-order valence-electron chi connectivity index (χ3n) is 3.68. The largest absolute Gasteiger partial charge is 0.492 e. The van der Waals surface area contributed by atoms with Crippen molar-refractivity contribution in [2.75, 3.05) is 11.9 Å². The van der Waals surface area contributed by atoms with Gasteiger partial charge in [-0.3, -0.25) is 4.98 Å². The first-order valence-corrected chi connectivity index (χ1v) is 7.22. The second-order valence-corrected chi connectivity index (χ2v) is 5.15. The molecule has 0 saturated carbocycles. The number of anilines is 1. The van der Waals surface area contributed by atoms with Crippen molar-refractivity contribution in [3.8, 4) is 17.1 Å². The number of ether oxygens (including phenoxy) is 1. The minimum Gasteiger partial charge on any atom is -0.492 e. The molecule has 0 fully saturated rings. The van der Waals surface area contributed by atoms with Crippen LogP contribution in [0.25, 0.3) is 11.3 Å². The Labute approximate surface area is 128 Å². The van der Waals surface area contributed by atoms with E-state index in [-0.39, 0.29) is 0 Å². The topological polar surface area (TPSA) is 60.2 Å². The van der Waals surface area contributed by atoms with Crippen LogP contribution in [0, 0.1) is 0 Å². The minimum absolute atomic E-state index is 0.677. The van der Waals surface area contributed by atoms with Crippen LogP contribution in [-0.2, 0) is 13.0 Å². The molecule has 1 aromatic carbocycles. The third kappa shape index (κ3) is 2.41. The fourth-order valence-electron chi connectivity index (χ4n) is 2.64. The zero-order valence-corrected chi connectivity index (χ0v) is 12.0. The molecule has 110 valence electrons. The molecule has 0 aliphatic carbocycles. The smallest absolute Gasteiger partial charge is 0.181 e. The molecule has 2 aromatic heterocycles. The average Bonchev–Trinajstić information content (AvgIpc) is 3.24. The Bertz CT molecular complexity index is 770. The maximum Gasteiger partial charge on any atom is 0.181 e. The average molecular weight is 293 g/mol. The zero-order valence-electron chi connectivity index (χ0n) is 12.0. The Morgan fingerprint density at radius 2 is 2.23 bits per heavy atom. The van der Waals surface area contributed by atoms with E-state index in [1.54, 1.807) is 12.4 Å². The molecule has 4 rings (SSSR count). The molecule has 5 heteroatoms. The van der Waals surface area contributed by atoms with E-state index in [4.69, 9.17) is 9.15 Å². The van der Waals surface area contributed by atoms with Gasteiger partial charge in [0.25, 0.3) is 0 Å². The van der Waals surface area contributed by atoms with Crippen LogP contribution in [0.5, 0.6) is 5.75 Å². The first-order valence-electron chi connectivity index (χ1n) is 7.22. The number of benzene rings is 1. The van der Waals surface area contributed by atoms with E-state index in [1.165, 1.54) is 12.0 Å². The SMILES string of the molecule is c1ccc(CNc2cc3c(c(-c4cnco4)c2)OCC3)nc1. The highest BCUT2D eigenvalue weighted by atomic mass is 16.5. The highest BCUT2D eigenvalue weighted by Gasteiger charge is 2.20. The number of hydrogen-bond donors (Lipinski definition) is 1. The Kier molecular flexibility index (Phi) is 3.23. The molecule has 0 saturated heterocycles. The molecular weight excluding hydrogens is 278 g/mol. The molecule has 0 amide bonds. The fraction of sp³-hybridized carbons (Fsp3) is 0.176. The number of nitrogens with zero attached hydrogens (tertiary/aromatic N) is 2. The molecular formula is C17H15N3O2. The summed E-state index contributed by atoms with van der Waals surface area (Å²) in [6.07, 6.45) is 5.85. The predicted octanol–water partition coefficient (Wildman–Crippen LogP) is 3.28. The van der Waals surface area contributed by atoms with Crippen LogP contribution in [-0.4, -0.2) is 16.6 Å². The van der Waals surface area contributed by atoms with E-state index < -0.39 is 0 Å². The zero-order chi connectivity index (χ0) is 14.8. The first-order chi connectivity index (χ1) is 10.9. The lowest BCUT2D eigenvalue weighted by molar-refractivity contribution is 0.357. The van der Waals surface area contributed by atoms with Crippen LogP contribution < -0.4 is 10.1 Å². The van der Waals surface area contributed by atoms with Gasteiger partial charge in [-0.2, -0.15) is 0 Å². The summed E-state index contributed by atoms with van der Waals surface area (Å²) < 4.78 is 11.2. The van der Waals surface area contributed by atoms with Crippen molar-refractivity contribution in [2.24, 2.45) is 0 Å². The normalized spacial score (nSPS) is 12.7. The van der Waals surface area contributed by atoms with Gasteiger partial charge in [-0.1, -0.05) is 6.07 Å². The fourth-order valence-corrected chi connectivity index (χ4v) is 2.64. The second kappa shape index (κ2) is 5.52. The van der Waals surface area contributed by atoms with Crippen molar-refractivity contribution < 1.29 is 9.15 Å². The molecule has 3 aromatic rings. The van der Waals surface area contributed by atoms with Crippen LogP contribution in [0.4, 0.5) is 5.69 Å². The van der Waals surface area contributed by atoms with Crippen molar-refractivity contribution in [3.63, 3.8) is 0 Å². The predicted molar refractivity (Wildman–Crippen MR) is 82.7 cm³/mol. The van der Waals surface area contributed by atoms with Gasteiger partial charge in [0.05, 0.1) is 30.6 Å². The van der Waals surface area contributed by atoms with Gasteiger partial charge in [0.2, 0.25) is 0 Å². The van der Waals surface area contributed by atoms with Gasteiger partial charge in [0.1, 0.15) is 5.75 Å². The van der Waals surface area contributed by atoms with Crippen LogP contribution in [0.1, 0.15) is 11.3 Å². The maximum absolute atomic E-state index is 5.74. The molecule has 0 unspecified atom stereocenters. The lowest BCUT2D eigenvalue weighted by atomic mass is 10.0. The van der Waals surface area contributed by atoms with E-state index in [9.17, 15) is 0 Å². The van der Waals surface area contributed by atoms with Crippen molar-refractivity contribution >= 4 is 5.69 Å². The molecule has 22 heavy (non-hydrogen) atoms. The van der Waals surface area contributed by atoms with E-state index in [1.807, 2.05) is 24.3 Å². The van der Waals surface area contributed by atoms with E-state index in [0.29, 0.717) is 13.2 Å². The third-order valence-corrected chi connectivity index (χ3v) is 3.68. The summed E-state index contributed by atoms with van der Waals surface area (Å²) in [6, 6.07) is 10.1. The van der Waals surface area contributed by atoms with Gasteiger partial charge in [0, 0.05) is 23.9 Å². The summed E-state index contributed by atoms with van der Waals surface area (Å²) in [5.74, 6) is 1.62. The summed E-state index contributed by atoms with van der Waals surface area (Å²) in [6.45, 7) is 1.39. The molecule has 1 N–H and O–H groups in total. The lowest BCUT2D eigenvalue weighted by Gasteiger charge is -2.11. The first kappa shape index (κ1) is 12.9. The monoisotopic (exact) mass is 293 g/mol. The van der Waals surface area contributed by atoms with E-state index >= 15 is 0 Å². The Balaban J connectivity index is 1.65.